The van der Waals surface area contributed by atoms with E-state index in [4.69, 9.17) is 11.0 Å². The zero-order chi connectivity index (χ0) is 12.8. The number of benzene rings is 1. The van der Waals surface area contributed by atoms with Gasteiger partial charge in [-0.15, -0.1) is 0 Å². The van der Waals surface area contributed by atoms with Gasteiger partial charge in [-0.2, -0.15) is 9.64 Å². The minimum absolute atomic E-state index is 0.313. The Morgan fingerprint density at radius 1 is 1.33 bits per heavy atom. The summed E-state index contributed by atoms with van der Waals surface area (Å²) in [6.07, 6.45) is 2.02. The van der Waals surface area contributed by atoms with Crippen LogP contribution in [0.4, 0.5) is 10.8 Å². The van der Waals surface area contributed by atoms with Crippen molar-refractivity contribution in [3.63, 3.8) is 0 Å². The van der Waals surface area contributed by atoms with Gasteiger partial charge in [0.15, 0.2) is 5.82 Å². The van der Waals surface area contributed by atoms with Crippen LogP contribution in [0.2, 0.25) is 0 Å². The summed E-state index contributed by atoms with van der Waals surface area (Å²) < 4.78 is 3.96. The number of nitrogens with two attached hydrogens (primary N) is 1. The fourth-order valence-electron chi connectivity index (χ4n) is 1.67. The molecule has 0 saturated heterocycles. The van der Waals surface area contributed by atoms with Crippen LogP contribution in [0, 0.1) is 11.3 Å². The summed E-state index contributed by atoms with van der Waals surface area (Å²) in [5.74, 6) is 0.313. The number of hydrogen-bond acceptors (Lipinski definition) is 5. The molecule has 0 atom stereocenters. The predicted molar refractivity (Wildman–Crippen MR) is 74.5 cm³/mol. The van der Waals surface area contributed by atoms with Crippen molar-refractivity contribution in [1.29, 1.82) is 5.26 Å². The van der Waals surface area contributed by atoms with E-state index in [2.05, 4.69) is 27.9 Å². The number of nitriles is 1. The molecule has 1 heterocycles. The third-order valence-electron chi connectivity index (χ3n) is 2.60. The van der Waals surface area contributed by atoms with E-state index in [1.807, 2.05) is 18.2 Å². The summed E-state index contributed by atoms with van der Waals surface area (Å²) in [5.41, 5.74) is 7.36. The molecule has 2 aromatic rings. The molecule has 2 rings (SSSR count). The van der Waals surface area contributed by atoms with Crippen molar-refractivity contribution in [3.8, 4) is 6.07 Å². The minimum Gasteiger partial charge on any atom is -0.382 e. The number of aryl methyl sites for hydroxylation is 1. The Kier molecular flexibility index (Phi) is 4.15. The molecule has 0 aliphatic carbocycles. The van der Waals surface area contributed by atoms with E-state index in [0.29, 0.717) is 11.4 Å². The molecule has 0 aliphatic rings. The van der Waals surface area contributed by atoms with E-state index >= 15 is 0 Å². The number of rotatable bonds is 5. The van der Waals surface area contributed by atoms with Crippen LogP contribution in [0.1, 0.15) is 17.5 Å². The van der Waals surface area contributed by atoms with Crippen molar-refractivity contribution in [2.45, 2.75) is 12.8 Å². The summed E-state index contributed by atoms with van der Waals surface area (Å²) in [4.78, 5) is 0. The number of aromatic nitrogens is 1. The van der Waals surface area contributed by atoms with Crippen molar-refractivity contribution in [3.05, 3.63) is 41.5 Å². The quantitative estimate of drug-likeness (QED) is 0.808. The maximum Gasteiger partial charge on any atom is 0.157 e. The first-order valence-electron chi connectivity index (χ1n) is 5.74. The number of nitrogens with one attached hydrogen (secondary N) is 1. The Morgan fingerprint density at radius 3 is 2.83 bits per heavy atom. The molecule has 0 radical (unpaired) electrons. The van der Waals surface area contributed by atoms with Crippen molar-refractivity contribution in [1.82, 2.24) is 4.37 Å². The summed E-state index contributed by atoms with van der Waals surface area (Å²) in [6.45, 7) is 0.811. The number of anilines is 2. The predicted octanol–water partition coefficient (Wildman–Crippen LogP) is 2.64. The highest BCUT2D eigenvalue weighted by Crippen LogP contribution is 2.25. The zero-order valence-corrected chi connectivity index (χ0v) is 10.7. The van der Waals surface area contributed by atoms with Gasteiger partial charge in [0.1, 0.15) is 16.6 Å². The van der Waals surface area contributed by atoms with Crippen LogP contribution in [0.5, 0.6) is 0 Å². The molecule has 0 aliphatic heterocycles. The van der Waals surface area contributed by atoms with Gasteiger partial charge in [-0.05, 0) is 29.9 Å². The highest BCUT2D eigenvalue weighted by molar-refractivity contribution is 7.10. The summed E-state index contributed by atoms with van der Waals surface area (Å²) in [5, 5.41) is 12.9. The Bertz CT molecular complexity index is 542. The molecule has 1 aromatic carbocycles. The van der Waals surface area contributed by atoms with Crippen molar-refractivity contribution < 1.29 is 0 Å². The monoisotopic (exact) mass is 258 g/mol. The lowest BCUT2D eigenvalue weighted by Gasteiger charge is -2.03. The average Bonchev–Trinajstić information content (AvgIpc) is 2.76. The topological polar surface area (TPSA) is 74.7 Å². The molecule has 92 valence electrons. The van der Waals surface area contributed by atoms with Crippen LogP contribution in [-0.2, 0) is 6.42 Å². The number of hydrogen-bond donors (Lipinski definition) is 2. The lowest BCUT2D eigenvalue weighted by Crippen LogP contribution is -2.03. The van der Waals surface area contributed by atoms with Gasteiger partial charge in [0.25, 0.3) is 0 Å². The van der Waals surface area contributed by atoms with Crippen molar-refractivity contribution >= 4 is 22.4 Å². The summed E-state index contributed by atoms with van der Waals surface area (Å²) in [7, 11) is 0. The van der Waals surface area contributed by atoms with E-state index in [9.17, 15) is 0 Å². The number of nitrogens with zero attached hydrogens (tertiary/aromatic N) is 2. The standard InChI is InChI=1S/C13H14N4S/c14-9-11-12(15)17-18-13(11)16-8-4-7-10-5-2-1-3-6-10/h1-3,5-6,16H,4,7-8H2,(H2,15,17). The third-order valence-corrected chi connectivity index (χ3v) is 3.42. The van der Waals surface area contributed by atoms with E-state index < -0.39 is 0 Å². The second-order valence-corrected chi connectivity index (χ2v) is 4.67. The molecule has 4 nitrogen and oxygen atoms in total. The van der Waals surface area contributed by atoms with E-state index in [1.54, 1.807) is 0 Å². The van der Waals surface area contributed by atoms with Crippen molar-refractivity contribution in [2.24, 2.45) is 0 Å². The molecular weight excluding hydrogens is 244 g/mol. The fraction of sp³-hybridized carbons (Fsp3) is 0.231. The maximum atomic E-state index is 8.92. The Labute approximate surface area is 110 Å². The van der Waals surface area contributed by atoms with Gasteiger partial charge in [-0.3, -0.25) is 0 Å². The molecule has 0 fully saturated rings. The third kappa shape index (κ3) is 2.99. The minimum atomic E-state index is 0.313. The van der Waals surface area contributed by atoms with Crippen LogP contribution in [0.15, 0.2) is 30.3 Å². The Balaban J connectivity index is 1.81. The number of nitrogen functional groups attached to an aromatic ring is 1. The second kappa shape index (κ2) is 6.03. The summed E-state index contributed by atoms with van der Waals surface area (Å²) >= 11 is 1.24. The SMILES string of the molecule is N#Cc1c(N)nsc1NCCCc1ccccc1. The molecule has 18 heavy (non-hydrogen) atoms. The Hall–Kier alpha value is -2.06. The van der Waals surface area contributed by atoms with Gasteiger partial charge in [-0.1, -0.05) is 30.3 Å². The first kappa shape index (κ1) is 12.4. The van der Waals surface area contributed by atoms with E-state index in [-0.39, 0.29) is 0 Å². The highest BCUT2D eigenvalue weighted by Gasteiger charge is 2.09. The van der Waals surface area contributed by atoms with Gasteiger partial charge in [0, 0.05) is 6.54 Å². The smallest absolute Gasteiger partial charge is 0.157 e. The largest absolute Gasteiger partial charge is 0.382 e. The molecule has 0 spiro atoms. The van der Waals surface area contributed by atoms with E-state index in [0.717, 1.165) is 24.4 Å². The Morgan fingerprint density at radius 2 is 2.11 bits per heavy atom. The molecule has 3 N–H and O–H groups in total. The van der Waals surface area contributed by atoms with Gasteiger partial charge in [-0.25, -0.2) is 0 Å². The normalized spacial score (nSPS) is 9.94. The van der Waals surface area contributed by atoms with Gasteiger partial charge < -0.3 is 11.1 Å². The molecule has 0 unspecified atom stereocenters. The van der Waals surface area contributed by atoms with Crippen LogP contribution >= 0.6 is 11.5 Å². The van der Waals surface area contributed by atoms with Crippen molar-refractivity contribution in [2.75, 3.05) is 17.6 Å². The molecular formula is C13H14N4S. The highest BCUT2D eigenvalue weighted by atomic mass is 32.1. The summed E-state index contributed by atoms with van der Waals surface area (Å²) in [6, 6.07) is 12.4. The van der Waals surface area contributed by atoms with Gasteiger partial charge in [0.05, 0.1) is 0 Å². The van der Waals surface area contributed by atoms with Crippen LogP contribution in [0.3, 0.4) is 0 Å². The lowest BCUT2D eigenvalue weighted by atomic mass is 10.1. The first-order valence-corrected chi connectivity index (χ1v) is 6.51. The molecule has 0 bridgehead atoms. The molecule has 0 saturated carbocycles. The van der Waals surface area contributed by atoms with Crippen LogP contribution in [-0.4, -0.2) is 10.9 Å². The molecule has 0 amide bonds. The fourth-order valence-corrected chi connectivity index (χ4v) is 2.36. The zero-order valence-electron chi connectivity index (χ0n) is 9.89. The molecule has 1 aromatic heterocycles. The maximum absolute atomic E-state index is 8.92. The van der Waals surface area contributed by atoms with Crippen LogP contribution < -0.4 is 11.1 Å². The lowest BCUT2D eigenvalue weighted by molar-refractivity contribution is 0.865. The van der Waals surface area contributed by atoms with Crippen LogP contribution in [0.25, 0.3) is 0 Å². The van der Waals surface area contributed by atoms with Gasteiger partial charge >= 0.3 is 0 Å². The average molecular weight is 258 g/mol. The second-order valence-electron chi connectivity index (χ2n) is 3.90. The first-order chi connectivity index (χ1) is 8.81. The van der Waals surface area contributed by atoms with Gasteiger partial charge in [0.2, 0.25) is 0 Å². The van der Waals surface area contributed by atoms with E-state index in [1.165, 1.54) is 17.1 Å². The molecule has 5 heteroatoms.